The molecule has 0 unspecified atom stereocenters. The van der Waals surface area contributed by atoms with Gasteiger partial charge in [0.15, 0.2) is 34.6 Å². The van der Waals surface area contributed by atoms with Crippen LogP contribution in [0.2, 0.25) is 0 Å². The first-order valence-electron chi connectivity index (χ1n) is 20.8. The molecule has 0 heterocycles. The fourth-order valence-electron chi connectivity index (χ4n) is 6.52. The van der Waals surface area contributed by atoms with E-state index >= 15 is 0 Å². The first-order valence-corrected chi connectivity index (χ1v) is 22.8. The van der Waals surface area contributed by atoms with Gasteiger partial charge in [0.1, 0.15) is 31.2 Å². The zero-order valence-corrected chi connectivity index (χ0v) is 41.2. The molecule has 1 rings (SSSR count). The molecule has 20 nitrogen and oxygen atoms in total. The van der Waals surface area contributed by atoms with E-state index in [1.807, 2.05) is 0 Å². The van der Waals surface area contributed by atoms with Crippen LogP contribution >= 0.6 is 23.5 Å². The molecule has 0 fully saturated rings. The van der Waals surface area contributed by atoms with E-state index in [0.717, 1.165) is 76.2 Å². The number of thioether (sulfide) groups is 2. The lowest BCUT2D eigenvalue weighted by Gasteiger charge is -2.39. The molecule has 0 radical (unpaired) electrons. The fourth-order valence-corrected chi connectivity index (χ4v) is 7.79. The Labute approximate surface area is 393 Å². The predicted octanol–water partition coefficient (Wildman–Crippen LogP) is 3.92. The monoisotopic (exact) mass is 973 g/mol. The number of nitrogens with zero attached hydrogens (tertiary/aromatic N) is 1. The zero-order chi connectivity index (χ0) is 50.3. The fraction of sp³-hybridized carbons (Fsp3) is 0.636. The van der Waals surface area contributed by atoms with Crippen molar-refractivity contribution in [2.75, 3.05) is 39.5 Å². The maximum Gasteiger partial charge on any atom is 0.303 e. The second kappa shape index (κ2) is 30.1. The lowest BCUT2D eigenvalue weighted by Crippen LogP contribution is -2.56. The lowest BCUT2D eigenvalue weighted by molar-refractivity contribution is -0.204. The molecule has 8 atom stereocenters. The molecule has 0 saturated heterocycles. The summed E-state index contributed by atoms with van der Waals surface area (Å²) in [6, 6.07) is 5.18. The lowest BCUT2D eigenvalue weighted by atomic mass is 9.88. The summed E-state index contributed by atoms with van der Waals surface area (Å²) >= 11 is 2.18. The highest BCUT2D eigenvalue weighted by Crippen LogP contribution is 2.28. The Kier molecular flexibility index (Phi) is 26.9. The summed E-state index contributed by atoms with van der Waals surface area (Å²) in [7, 11) is 0. The maximum absolute atomic E-state index is 12.9. The van der Waals surface area contributed by atoms with Crippen molar-refractivity contribution in [1.82, 2.24) is 4.90 Å². The van der Waals surface area contributed by atoms with Crippen molar-refractivity contribution >= 4 is 81.5 Å². The molecule has 0 aliphatic heterocycles. The van der Waals surface area contributed by atoms with Crippen molar-refractivity contribution in [3.8, 4) is 5.75 Å². The summed E-state index contributed by atoms with van der Waals surface area (Å²) < 4.78 is 50.5. The zero-order valence-electron chi connectivity index (χ0n) is 39.5. The second-order valence-corrected chi connectivity index (χ2v) is 17.5. The van der Waals surface area contributed by atoms with E-state index in [0.29, 0.717) is 17.3 Å². The number of rotatable bonds is 28. The summed E-state index contributed by atoms with van der Waals surface area (Å²) in [4.78, 5) is 125. The number of esters is 8. The van der Waals surface area contributed by atoms with Crippen LogP contribution in [-0.2, 0) is 97.3 Å². The Morgan fingerprint density at radius 3 is 1.41 bits per heavy atom. The second-order valence-electron chi connectivity index (χ2n) is 15.2. The topological polar surface area (TPSA) is 257 Å². The highest BCUT2D eigenvalue weighted by molar-refractivity contribution is 8.13. The summed E-state index contributed by atoms with van der Waals surface area (Å²) in [5, 5.41) is -0.209. The van der Waals surface area contributed by atoms with E-state index < -0.39 is 109 Å². The van der Waals surface area contributed by atoms with Crippen molar-refractivity contribution in [3.63, 3.8) is 0 Å². The standard InChI is InChI=1S/C44H63NO19S2/c1-24(20-57-26(3)46)42(62-31(8)51)25(2)39(59-28(5)48)18-45(15-16-56-38-14-13-36(22-65-34(11)54)37(17-38)23-66-35(12)55)19-40(60-29(6)49)43(63-32(9)52)44(64-33(10)53)41(61-30(7)50)21-58-27(4)47/h13-14,17,24-25,39-44H,15-16,18-23H2,1-12H3/t24-,25-,39+,40+,41-,42-,43-,44-/m1/s1. The van der Waals surface area contributed by atoms with Crippen molar-refractivity contribution in [3.05, 3.63) is 29.3 Å². The van der Waals surface area contributed by atoms with E-state index in [1.54, 1.807) is 36.9 Å². The van der Waals surface area contributed by atoms with E-state index in [9.17, 15) is 47.9 Å². The van der Waals surface area contributed by atoms with Crippen molar-refractivity contribution in [2.24, 2.45) is 11.8 Å². The molecule has 66 heavy (non-hydrogen) atoms. The minimum absolute atomic E-state index is 0.0607. The molecule has 1 aromatic carbocycles. The van der Waals surface area contributed by atoms with Crippen molar-refractivity contribution < 1.29 is 90.6 Å². The molecule has 0 bridgehead atoms. The van der Waals surface area contributed by atoms with E-state index in [1.165, 1.54) is 27.7 Å². The average Bonchev–Trinajstić information content (AvgIpc) is 3.18. The molecule has 0 aliphatic rings. The molecule has 0 aliphatic carbocycles. The SMILES string of the molecule is CC(=O)OC[C@@H](C)[C@@H](OC(C)=O)[C@H](C)[C@H](CN(CCOc1ccc(CSC(C)=O)c(CSC(C)=O)c1)C[C@H](OC(C)=O)[C@@H](OC(C)=O)[C@H](OC(C)=O)[C@@H](COC(C)=O)OC(C)=O)OC(C)=O. The molecule has 0 amide bonds. The molecule has 0 spiro atoms. The molecule has 0 aromatic heterocycles. The van der Waals surface area contributed by atoms with Crippen LogP contribution < -0.4 is 4.74 Å². The molecule has 0 N–H and O–H groups in total. The van der Waals surface area contributed by atoms with Gasteiger partial charge in [0.25, 0.3) is 0 Å². The van der Waals surface area contributed by atoms with E-state index in [4.69, 9.17) is 42.6 Å². The Morgan fingerprint density at radius 1 is 0.500 bits per heavy atom. The molecule has 370 valence electrons. The number of hydrogen-bond donors (Lipinski definition) is 0. The largest absolute Gasteiger partial charge is 0.492 e. The average molecular weight is 974 g/mol. The predicted molar refractivity (Wildman–Crippen MR) is 237 cm³/mol. The quantitative estimate of drug-likeness (QED) is 0.0851. The molecular weight excluding hydrogens is 911 g/mol. The van der Waals surface area contributed by atoms with Gasteiger partial charge in [-0.1, -0.05) is 43.4 Å². The third-order valence-electron chi connectivity index (χ3n) is 9.17. The summed E-state index contributed by atoms with van der Waals surface area (Å²) in [5.74, 6) is -6.85. The maximum atomic E-state index is 12.9. The minimum atomic E-state index is -1.75. The number of hydrogen-bond acceptors (Lipinski definition) is 22. The van der Waals surface area contributed by atoms with Crippen LogP contribution in [0.1, 0.15) is 94.2 Å². The summed E-state index contributed by atoms with van der Waals surface area (Å²) in [6.45, 7) is 13.4. The van der Waals surface area contributed by atoms with Gasteiger partial charge in [-0.3, -0.25) is 52.8 Å². The van der Waals surface area contributed by atoms with Gasteiger partial charge >= 0.3 is 47.8 Å². The number of carbonyl (C=O) groups is 10. The number of ether oxygens (including phenoxy) is 9. The Balaban J connectivity index is 4.02. The molecule has 0 saturated carbocycles. The first kappa shape index (κ1) is 58.8. The van der Waals surface area contributed by atoms with Gasteiger partial charge in [-0.15, -0.1) is 0 Å². The Hall–Kier alpha value is -5.22. The highest BCUT2D eigenvalue weighted by Gasteiger charge is 2.45. The summed E-state index contributed by atoms with van der Waals surface area (Å²) in [5.41, 5.74) is 1.55. The van der Waals surface area contributed by atoms with Crippen LogP contribution in [-0.4, -0.2) is 139 Å². The van der Waals surface area contributed by atoms with Crippen LogP contribution in [0.5, 0.6) is 5.75 Å². The van der Waals surface area contributed by atoms with Gasteiger partial charge in [0.2, 0.25) is 0 Å². The van der Waals surface area contributed by atoms with Crippen LogP contribution in [0.15, 0.2) is 18.2 Å². The van der Waals surface area contributed by atoms with Gasteiger partial charge in [-0.2, -0.15) is 0 Å². The molecular formula is C44H63NO19S2. The van der Waals surface area contributed by atoms with Crippen LogP contribution in [0.4, 0.5) is 0 Å². The summed E-state index contributed by atoms with van der Waals surface area (Å²) in [6.07, 6.45) is -8.78. The van der Waals surface area contributed by atoms with Crippen molar-refractivity contribution in [2.45, 2.75) is 131 Å². The molecule has 1 aromatic rings. The normalized spacial score (nSPS) is 14.6. The molecule has 22 heteroatoms. The van der Waals surface area contributed by atoms with Gasteiger partial charge < -0.3 is 42.6 Å². The Morgan fingerprint density at radius 2 is 0.924 bits per heavy atom. The van der Waals surface area contributed by atoms with Crippen LogP contribution in [0, 0.1) is 11.8 Å². The van der Waals surface area contributed by atoms with Gasteiger partial charge in [0.05, 0.1) is 6.61 Å². The third kappa shape index (κ3) is 24.3. The smallest absolute Gasteiger partial charge is 0.303 e. The number of benzene rings is 1. The Bertz CT molecular complexity index is 1860. The number of carbonyl (C=O) groups excluding carboxylic acids is 10. The van der Waals surface area contributed by atoms with Gasteiger partial charge in [-0.25, -0.2) is 0 Å². The third-order valence-corrected chi connectivity index (χ3v) is 10.9. The first-order chi connectivity index (χ1) is 30.8. The van der Waals surface area contributed by atoms with E-state index in [-0.39, 0.29) is 36.5 Å². The van der Waals surface area contributed by atoms with Crippen LogP contribution in [0.3, 0.4) is 0 Å². The van der Waals surface area contributed by atoms with Crippen molar-refractivity contribution in [1.29, 1.82) is 0 Å². The highest BCUT2D eigenvalue weighted by atomic mass is 32.2. The van der Waals surface area contributed by atoms with Gasteiger partial charge in [-0.05, 0) is 23.3 Å². The van der Waals surface area contributed by atoms with Crippen LogP contribution in [0.25, 0.3) is 0 Å². The van der Waals surface area contributed by atoms with Gasteiger partial charge in [0, 0.05) is 112 Å². The van der Waals surface area contributed by atoms with E-state index in [2.05, 4.69) is 0 Å². The minimum Gasteiger partial charge on any atom is -0.492 e.